The van der Waals surface area contributed by atoms with Gasteiger partial charge < -0.3 is 15.3 Å². The van der Waals surface area contributed by atoms with Crippen LogP contribution in [0.2, 0.25) is 0 Å². The van der Waals surface area contributed by atoms with Gasteiger partial charge in [-0.1, -0.05) is 6.92 Å². The minimum absolute atomic E-state index is 0.0215. The summed E-state index contributed by atoms with van der Waals surface area (Å²) in [6.07, 6.45) is 6.78. The number of nitrogens with zero attached hydrogens (tertiary/aromatic N) is 1. The number of rotatable bonds is 3. The van der Waals surface area contributed by atoms with E-state index >= 15 is 0 Å². The van der Waals surface area contributed by atoms with Gasteiger partial charge in [0.2, 0.25) is 5.91 Å². The fourth-order valence-corrected chi connectivity index (χ4v) is 8.22. The molecule has 1 amide bonds. The minimum atomic E-state index is -0.794. The summed E-state index contributed by atoms with van der Waals surface area (Å²) in [5.74, 6) is 0.145. The lowest BCUT2D eigenvalue weighted by atomic mass is 9.48. The van der Waals surface area contributed by atoms with Gasteiger partial charge in [-0.15, -0.1) is 0 Å². The summed E-state index contributed by atoms with van der Waals surface area (Å²) >= 11 is 0. The topological polar surface area (TPSA) is 86.7 Å². The molecular weight excluding hydrogens is 428 g/mol. The van der Waals surface area contributed by atoms with Crippen LogP contribution < -0.4 is 5.32 Å². The molecular formula is C28H44N2O4. The third kappa shape index (κ3) is 4.09. The van der Waals surface area contributed by atoms with Crippen molar-refractivity contribution in [3.8, 4) is 0 Å². The number of aliphatic carboxylic acids is 1. The van der Waals surface area contributed by atoms with Crippen LogP contribution >= 0.6 is 0 Å². The molecule has 0 radical (unpaired) electrons. The van der Waals surface area contributed by atoms with Crippen molar-refractivity contribution >= 4 is 17.7 Å². The zero-order valence-corrected chi connectivity index (χ0v) is 22.2. The second-order valence-corrected chi connectivity index (χ2v) is 13.8. The molecule has 2 N–H and O–H groups in total. The van der Waals surface area contributed by atoms with Crippen molar-refractivity contribution in [3.05, 3.63) is 11.8 Å². The van der Waals surface area contributed by atoms with Crippen molar-refractivity contribution in [2.75, 3.05) is 6.54 Å². The van der Waals surface area contributed by atoms with Gasteiger partial charge in [-0.3, -0.25) is 14.4 Å². The predicted octanol–water partition coefficient (Wildman–Crippen LogP) is 4.78. The molecule has 6 atom stereocenters. The van der Waals surface area contributed by atoms with Gasteiger partial charge in [0.1, 0.15) is 0 Å². The lowest BCUT2D eigenvalue weighted by Gasteiger charge is -2.63. The molecule has 6 heteroatoms. The van der Waals surface area contributed by atoms with Crippen molar-refractivity contribution in [1.29, 1.82) is 0 Å². The standard InChI is InChI=1S/C28H44N2O4/c1-25(2,3)29-24(34)21-9-8-20-18-16-30(26(4,5)6)22-14-17(31)10-12-27(22,7)19(18)11-13-28(20,21)15-23(32)33/h14,18-21H,8-13,15-16H2,1-7H3,(H,29,34)(H,32,33)/t18-,19+,20+,21-,27-,28-/m1/s1. The molecule has 4 rings (SSSR count). The molecule has 4 aliphatic rings. The molecule has 0 spiro atoms. The van der Waals surface area contributed by atoms with Crippen LogP contribution in [-0.2, 0) is 14.4 Å². The van der Waals surface area contributed by atoms with E-state index in [-0.39, 0.29) is 46.4 Å². The van der Waals surface area contributed by atoms with Gasteiger partial charge >= 0.3 is 5.97 Å². The van der Waals surface area contributed by atoms with Gasteiger partial charge in [0, 0.05) is 47.1 Å². The van der Waals surface area contributed by atoms with E-state index in [9.17, 15) is 19.5 Å². The first kappa shape index (κ1) is 25.2. The summed E-state index contributed by atoms with van der Waals surface area (Å²) in [5, 5.41) is 13.2. The zero-order chi connectivity index (χ0) is 25.3. The average Bonchev–Trinajstić information content (AvgIpc) is 3.04. The molecule has 190 valence electrons. The van der Waals surface area contributed by atoms with Crippen LogP contribution in [0.15, 0.2) is 11.8 Å². The first-order chi connectivity index (χ1) is 15.6. The Balaban J connectivity index is 1.76. The number of ketones is 1. The van der Waals surface area contributed by atoms with Crippen molar-refractivity contribution in [2.45, 2.75) is 104 Å². The number of allylic oxidation sites excluding steroid dienone is 2. The van der Waals surface area contributed by atoms with Gasteiger partial charge in [0.25, 0.3) is 0 Å². The van der Waals surface area contributed by atoms with E-state index < -0.39 is 11.4 Å². The van der Waals surface area contributed by atoms with E-state index in [1.54, 1.807) is 0 Å². The number of carbonyl (C=O) groups is 3. The lowest BCUT2D eigenvalue weighted by molar-refractivity contribution is -0.152. The van der Waals surface area contributed by atoms with E-state index in [1.165, 1.54) is 5.70 Å². The lowest BCUT2D eigenvalue weighted by Crippen LogP contribution is -2.62. The number of nitrogens with one attached hydrogen (secondary N) is 1. The number of hydrogen-bond acceptors (Lipinski definition) is 4. The fourth-order valence-electron chi connectivity index (χ4n) is 8.22. The van der Waals surface area contributed by atoms with Crippen LogP contribution in [0.4, 0.5) is 0 Å². The molecule has 0 aromatic carbocycles. The number of hydrogen-bond donors (Lipinski definition) is 2. The summed E-state index contributed by atoms with van der Waals surface area (Å²) in [5.41, 5.74) is 0.138. The Morgan fingerprint density at radius 2 is 1.76 bits per heavy atom. The maximum Gasteiger partial charge on any atom is 0.303 e. The third-order valence-electron chi connectivity index (χ3n) is 9.53. The van der Waals surface area contributed by atoms with Gasteiger partial charge in [-0.05, 0) is 96.8 Å². The number of piperidine rings is 1. The van der Waals surface area contributed by atoms with E-state index in [0.29, 0.717) is 18.3 Å². The van der Waals surface area contributed by atoms with Gasteiger partial charge in [-0.25, -0.2) is 0 Å². The van der Waals surface area contributed by atoms with Crippen LogP contribution in [0.1, 0.15) is 93.4 Å². The highest BCUT2D eigenvalue weighted by molar-refractivity contribution is 5.91. The van der Waals surface area contributed by atoms with E-state index in [1.807, 2.05) is 26.8 Å². The summed E-state index contributed by atoms with van der Waals surface area (Å²) in [6, 6.07) is 0. The molecule has 0 aromatic rings. The highest BCUT2D eigenvalue weighted by atomic mass is 16.4. The zero-order valence-electron chi connectivity index (χ0n) is 22.2. The van der Waals surface area contributed by atoms with E-state index in [2.05, 4.69) is 37.9 Å². The van der Waals surface area contributed by atoms with Crippen molar-refractivity contribution in [3.63, 3.8) is 0 Å². The largest absolute Gasteiger partial charge is 0.481 e. The van der Waals surface area contributed by atoms with Gasteiger partial charge in [0.05, 0.1) is 6.42 Å². The van der Waals surface area contributed by atoms with Crippen LogP contribution in [0.25, 0.3) is 0 Å². The highest BCUT2D eigenvalue weighted by Gasteiger charge is 2.64. The quantitative estimate of drug-likeness (QED) is 0.617. The maximum atomic E-state index is 13.5. The Bertz CT molecular complexity index is 910. The molecule has 3 fully saturated rings. The Morgan fingerprint density at radius 3 is 2.35 bits per heavy atom. The Labute approximate surface area is 204 Å². The van der Waals surface area contributed by atoms with Gasteiger partial charge in [0.15, 0.2) is 5.78 Å². The van der Waals surface area contributed by atoms with Crippen LogP contribution in [0.3, 0.4) is 0 Å². The van der Waals surface area contributed by atoms with Crippen molar-refractivity contribution in [2.24, 2.45) is 34.5 Å². The molecule has 2 saturated carbocycles. The summed E-state index contributed by atoms with van der Waals surface area (Å²) < 4.78 is 0. The van der Waals surface area contributed by atoms with Gasteiger partial charge in [-0.2, -0.15) is 0 Å². The number of fused-ring (bicyclic) bond motifs is 5. The Morgan fingerprint density at radius 1 is 1.09 bits per heavy atom. The number of carboxylic acid groups (broad SMARTS) is 1. The predicted molar refractivity (Wildman–Crippen MR) is 132 cm³/mol. The summed E-state index contributed by atoms with van der Waals surface area (Å²) in [4.78, 5) is 40.5. The maximum absolute atomic E-state index is 13.5. The average molecular weight is 473 g/mol. The summed E-state index contributed by atoms with van der Waals surface area (Å²) in [7, 11) is 0. The normalized spacial score (nSPS) is 37.9. The van der Waals surface area contributed by atoms with Crippen LogP contribution in [-0.4, -0.2) is 45.3 Å². The van der Waals surface area contributed by atoms with Crippen molar-refractivity contribution in [1.82, 2.24) is 10.2 Å². The molecule has 0 unspecified atom stereocenters. The number of amides is 1. The molecule has 0 aromatic heterocycles. The SMILES string of the molecule is CC(C)(C)NC(=O)[C@H]1CC[C@H]2[C@@H]3CN(C(C)(C)C)C4=CC(=O)CC[C@]4(C)[C@H]3CC[C@]12CC(=O)O. The number of likely N-dealkylation sites (tertiary alicyclic amines) is 1. The molecule has 0 bridgehead atoms. The van der Waals surface area contributed by atoms with E-state index in [0.717, 1.165) is 38.6 Å². The highest BCUT2D eigenvalue weighted by Crippen LogP contribution is 2.67. The molecule has 3 aliphatic carbocycles. The molecule has 34 heavy (non-hydrogen) atoms. The smallest absolute Gasteiger partial charge is 0.303 e. The van der Waals surface area contributed by atoms with E-state index in [4.69, 9.17) is 0 Å². The van der Waals surface area contributed by atoms with Crippen LogP contribution in [0, 0.1) is 34.5 Å². The minimum Gasteiger partial charge on any atom is -0.481 e. The number of carboxylic acids is 1. The Kier molecular flexibility index (Phi) is 6.01. The van der Waals surface area contributed by atoms with Crippen molar-refractivity contribution < 1.29 is 19.5 Å². The van der Waals surface area contributed by atoms with Crippen LogP contribution in [0.5, 0.6) is 0 Å². The number of carbonyl (C=O) groups excluding carboxylic acids is 2. The molecule has 1 heterocycles. The fraction of sp³-hybridized carbons (Fsp3) is 0.821. The second-order valence-electron chi connectivity index (χ2n) is 13.8. The molecule has 1 saturated heterocycles. The second kappa shape index (κ2) is 8.09. The first-order valence-corrected chi connectivity index (χ1v) is 13.1. The summed E-state index contributed by atoms with van der Waals surface area (Å²) in [6.45, 7) is 15.7. The monoisotopic (exact) mass is 472 g/mol. The Hall–Kier alpha value is -1.85. The molecule has 1 aliphatic heterocycles. The first-order valence-electron chi connectivity index (χ1n) is 13.1. The third-order valence-corrected chi connectivity index (χ3v) is 9.53. The molecule has 6 nitrogen and oxygen atoms in total.